The van der Waals surface area contributed by atoms with Gasteiger partial charge < -0.3 is 5.11 Å². The van der Waals surface area contributed by atoms with E-state index < -0.39 is 24.5 Å². The lowest BCUT2D eigenvalue weighted by molar-refractivity contribution is -0.384. The summed E-state index contributed by atoms with van der Waals surface area (Å²) >= 11 is 3.08. The van der Waals surface area contributed by atoms with Crippen LogP contribution < -0.4 is 0 Å². The first-order chi connectivity index (χ1) is 8.63. The number of aliphatic hydroxyl groups excluding tert-OH is 1. The number of alkyl halides is 1. The van der Waals surface area contributed by atoms with Crippen LogP contribution in [0.15, 0.2) is 24.3 Å². The van der Waals surface area contributed by atoms with Gasteiger partial charge in [-0.2, -0.15) is 0 Å². The fourth-order valence-electron chi connectivity index (χ4n) is 1.69. The van der Waals surface area contributed by atoms with Crippen LogP contribution in [0.25, 0.3) is 0 Å². The molecule has 0 aromatic heterocycles. The van der Waals surface area contributed by atoms with E-state index >= 15 is 0 Å². The van der Waals surface area contributed by atoms with E-state index in [4.69, 9.17) is 0 Å². The normalized spacial score (nSPS) is 16.6. The highest BCUT2D eigenvalue weighted by atomic mass is 79.9. The van der Waals surface area contributed by atoms with Crippen LogP contribution in [0.3, 0.4) is 0 Å². The SMILES string of the molecule is CC[C@@](Br)([C@@H](O)c1ccc([N+](=O)[O-])cc1)S(C)(=O)=O. The molecular weight excluding hydrogens is 338 g/mol. The van der Waals surface area contributed by atoms with E-state index in [1.807, 2.05) is 0 Å². The maximum atomic E-state index is 11.8. The van der Waals surface area contributed by atoms with Crippen LogP contribution in [0.4, 0.5) is 5.69 Å². The maximum absolute atomic E-state index is 11.8. The predicted molar refractivity (Wildman–Crippen MR) is 74.8 cm³/mol. The average molecular weight is 352 g/mol. The Hall–Kier alpha value is -0.990. The number of aliphatic hydroxyl groups is 1. The molecule has 19 heavy (non-hydrogen) atoms. The number of rotatable bonds is 5. The van der Waals surface area contributed by atoms with Crippen LogP contribution in [0.2, 0.25) is 0 Å². The van der Waals surface area contributed by atoms with Crippen molar-refractivity contribution in [1.29, 1.82) is 0 Å². The molecule has 106 valence electrons. The summed E-state index contributed by atoms with van der Waals surface area (Å²) in [7, 11) is -3.56. The summed E-state index contributed by atoms with van der Waals surface area (Å²) in [5, 5.41) is 20.7. The van der Waals surface area contributed by atoms with Crippen LogP contribution in [0.1, 0.15) is 25.0 Å². The number of hydrogen-bond acceptors (Lipinski definition) is 5. The molecule has 0 bridgehead atoms. The minimum Gasteiger partial charge on any atom is -0.386 e. The van der Waals surface area contributed by atoms with Gasteiger partial charge in [-0.1, -0.05) is 22.9 Å². The van der Waals surface area contributed by atoms with Gasteiger partial charge in [-0.15, -0.1) is 0 Å². The quantitative estimate of drug-likeness (QED) is 0.498. The molecule has 8 heteroatoms. The lowest BCUT2D eigenvalue weighted by atomic mass is 10.0. The number of nitrogens with zero attached hydrogens (tertiary/aromatic N) is 1. The summed E-state index contributed by atoms with van der Waals surface area (Å²) in [6, 6.07) is 5.15. The molecule has 0 saturated heterocycles. The Labute approximate surface area is 119 Å². The van der Waals surface area contributed by atoms with Crippen molar-refractivity contribution in [2.75, 3.05) is 6.26 Å². The Bertz CT molecular complexity index is 571. The molecule has 0 aliphatic carbocycles. The van der Waals surface area contributed by atoms with Crippen LogP contribution in [-0.4, -0.2) is 28.4 Å². The second kappa shape index (κ2) is 5.56. The summed E-state index contributed by atoms with van der Waals surface area (Å²) in [5.74, 6) is 0. The maximum Gasteiger partial charge on any atom is 0.269 e. The van der Waals surface area contributed by atoms with Crippen LogP contribution >= 0.6 is 15.9 Å². The zero-order valence-corrected chi connectivity index (χ0v) is 12.8. The lowest BCUT2D eigenvalue weighted by Crippen LogP contribution is -2.37. The highest BCUT2D eigenvalue weighted by Crippen LogP contribution is 2.41. The fourth-order valence-corrected chi connectivity index (χ4v) is 3.02. The minimum atomic E-state index is -3.56. The van der Waals surface area contributed by atoms with E-state index in [0.717, 1.165) is 6.26 Å². The van der Waals surface area contributed by atoms with Gasteiger partial charge in [-0.3, -0.25) is 10.1 Å². The Morgan fingerprint density at radius 2 is 1.89 bits per heavy atom. The summed E-state index contributed by atoms with van der Waals surface area (Å²) in [4.78, 5) is 9.97. The van der Waals surface area contributed by atoms with Crippen molar-refractivity contribution in [1.82, 2.24) is 0 Å². The third-order valence-electron chi connectivity index (χ3n) is 2.93. The van der Waals surface area contributed by atoms with Gasteiger partial charge in [0, 0.05) is 18.4 Å². The standard InChI is InChI=1S/C11H14BrNO5S/c1-3-11(12,19(2,17)18)10(14)8-4-6-9(7-5-8)13(15)16/h4-7,10,14H,3H2,1-2H3/t10-,11-/m0/s1. The van der Waals surface area contributed by atoms with E-state index in [-0.39, 0.29) is 12.1 Å². The molecular formula is C11H14BrNO5S. The zero-order chi connectivity index (χ0) is 14.8. The number of benzene rings is 1. The number of nitro benzene ring substituents is 1. The molecule has 1 aromatic carbocycles. The number of sulfone groups is 1. The number of halogens is 1. The third kappa shape index (κ3) is 3.13. The Morgan fingerprint density at radius 1 is 1.42 bits per heavy atom. The van der Waals surface area contributed by atoms with Gasteiger partial charge in [0.05, 0.1) is 4.92 Å². The topological polar surface area (TPSA) is 97.5 Å². The molecule has 0 heterocycles. The van der Waals surface area contributed by atoms with E-state index in [1.54, 1.807) is 6.92 Å². The van der Waals surface area contributed by atoms with Crippen molar-refractivity contribution in [3.8, 4) is 0 Å². The van der Waals surface area contributed by atoms with Crippen LogP contribution in [0, 0.1) is 10.1 Å². The minimum absolute atomic E-state index is 0.119. The zero-order valence-electron chi connectivity index (χ0n) is 10.4. The Kier molecular flexibility index (Phi) is 4.70. The van der Waals surface area contributed by atoms with Crippen LogP contribution in [-0.2, 0) is 9.84 Å². The van der Waals surface area contributed by atoms with Crippen LogP contribution in [0.5, 0.6) is 0 Å². The molecule has 6 nitrogen and oxygen atoms in total. The van der Waals surface area contributed by atoms with Gasteiger partial charge in [-0.05, 0) is 24.1 Å². The molecule has 0 aliphatic rings. The van der Waals surface area contributed by atoms with Crippen molar-refractivity contribution in [2.45, 2.75) is 23.1 Å². The molecule has 0 aliphatic heterocycles. The first kappa shape index (κ1) is 16.1. The summed E-state index contributed by atoms with van der Waals surface area (Å²) in [5.41, 5.74) is 0.182. The molecule has 0 amide bonds. The predicted octanol–water partition coefficient (Wildman–Crippen LogP) is 2.17. The largest absolute Gasteiger partial charge is 0.386 e. The van der Waals surface area contributed by atoms with E-state index in [9.17, 15) is 23.6 Å². The van der Waals surface area contributed by atoms with Gasteiger partial charge in [0.1, 0.15) is 6.10 Å². The van der Waals surface area contributed by atoms with E-state index in [2.05, 4.69) is 15.9 Å². The molecule has 1 N–H and O–H groups in total. The molecule has 1 rings (SSSR count). The first-order valence-corrected chi connectivity index (χ1v) is 8.13. The molecule has 0 spiro atoms. The first-order valence-electron chi connectivity index (χ1n) is 5.44. The smallest absolute Gasteiger partial charge is 0.269 e. The second-order valence-electron chi connectivity index (χ2n) is 4.16. The summed E-state index contributed by atoms with van der Waals surface area (Å²) < 4.78 is 22.0. The average Bonchev–Trinajstić information content (AvgIpc) is 2.35. The highest BCUT2D eigenvalue weighted by molar-refractivity contribution is 9.11. The molecule has 0 radical (unpaired) electrons. The number of non-ortho nitro benzene ring substituents is 1. The second-order valence-corrected chi connectivity index (χ2v) is 8.38. The number of nitro groups is 1. The monoisotopic (exact) mass is 351 g/mol. The molecule has 0 fully saturated rings. The molecule has 0 saturated carbocycles. The van der Waals surface area contributed by atoms with Crippen molar-refractivity contribution < 1.29 is 18.4 Å². The number of hydrogen-bond donors (Lipinski definition) is 1. The van der Waals surface area contributed by atoms with Gasteiger partial charge in [0.2, 0.25) is 0 Å². The Morgan fingerprint density at radius 3 is 2.21 bits per heavy atom. The third-order valence-corrected chi connectivity index (χ3v) is 7.43. The fraction of sp³-hybridized carbons (Fsp3) is 0.455. The van der Waals surface area contributed by atoms with Gasteiger partial charge in [0.15, 0.2) is 13.5 Å². The van der Waals surface area contributed by atoms with Gasteiger partial charge in [0.25, 0.3) is 5.69 Å². The van der Waals surface area contributed by atoms with Crippen molar-refractivity contribution >= 4 is 31.5 Å². The van der Waals surface area contributed by atoms with Crippen molar-refractivity contribution in [2.24, 2.45) is 0 Å². The van der Waals surface area contributed by atoms with Gasteiger partial charge in [-0.25, -0.2) is 8.42 Å². The molecule has 1 aromatic rings. The highest BCUT2D eigenvalue weighted by Gasteiger charge is 2.44. The van der Waals surface area contributed by atoms with Gasteiger partial charge >= 0.3 is 0 Å². The Balaban J connectivity index is 3.19. The lowest BCUT2D eigenvalue weighted by Gasteiger charge is -2.29. The van der Waals surface area contributed by atoms with Crippen molar-refractivity contribution in [3.05, 3.63) is 39.9 Å². The summed E-state index contributed by atoms with van der Waals surface area (Å²) in [6.45, 7) is 1.63. The summed E-state index contributed by atoms with van der Waals surface area (Å²) in [6.07, 6.45) is -0.127. The van der Waals surface area contributed by atoms with E-state index in [1.165, 1.54) is 24.3 Å². The van der Waals surface area contributed by atoms with Crippen molar-refractivity contribution in [3.63, 3.8) is 0 Å². The molecule has 0 unspecified atom stereocenters. The molecule has 2 atom stereocenters. The van der Waals surface area contributed by atoms with E-state index in [0.29, 0.717) is 5.56 Å².